The minimum Gasteiger partial charge on any atom is -0.466 e. The number of esters is 1. The van der Waals surface area contributed by atoms with Gasteiger partial charge in [0.05, 0.1) is 18.5 Å². The number of aryl methyl sites for hydroxylation is 1. The average molecular weight is 286 g/mol. The minimum absolute atomic E-state index is 0.139. The second kappa shape index (κ2) is 7.18. The molecule has 0 unspecified atom stereocenters. The van der Waals surface area contributed by atoms with Crippen molar-refractivity contribution in [2.45, 2.75) is 26.8 Å². The molecule has 4 heteroatoms. The summed E-state index contributed by atoms with van der Waals surface area (Å²) in [5.41, 5.74) is 3.28. The zero-order chi connectivity index (χ0) is 15.2. The van der Waals surface area contributed by atoms with Gasteiger partial charge in [0, 0.05) is 24.2 Å². The maximum absolute atomic E-state index is 11.4. The second-order valence-electron chi connectivity index (χ2n) is 5.23. The molecule has 0 amide bonds. The van der Waals surface area contributed by atoms with Crippen LogP contribution in [0, 0.1) is 6.92 Å². The van der Waals surface area contributed by atoms with Crippen molar-refractivity contribution in [3.05, 3.63) is 41.6 Å². The summed E-state index contributed by atoms with van der Waals surface area (Å²) in [7, 11) is 2.02. The number of ether oxygens (including phenoxy) is 1. The molecule has 1 aromatic heterocycles. The van der Waals surface area contributed by atoms with Gasteiger partial charge in [0.1, 0.15) is 0 Å². The quantitative estimate of drug-likeness (QED) is 0.766. The number of fused-ring (bicyclic) bond motifs is 1. The van der Waals surface area contributed by atoms with Gasteiger partial charge in [-0.05, 0) is 38.6 Å². The number of carbonyl (C=O) groups is 1. The van der Waals surface area contributed by atoms with E-state index in [1.807, 2.05) is 39.1 Å². The van der Waals surface area contributed by atoms with Gasteiger partial charge in [-0.2, -0.15) is 0 Å². The largest absolute Gasteiger partial charge is 0.466 e. The van der Waals surface area contributed by atoms with E-state index in [4.69, 9.17) is 4.74 Å². The first kappa shape index (κ1) is 15.4. The van der Waals surface area contributed by atoms with E-state index in [9.17, 15) is 4.79 Å². The Kier molecular flexibility index (Phi) is 5.28. The van der Waals surface area contributed by atoms with Crippen LogP contribution in [0.25, 0.3) is 10.9 Å². The lowest BCUT2D eigenvalue weighted by Gasteiger charge is -2.17. The highest BCUT2D eigenvalue weighted by molar-refractivity contribution is 5.82. The Morgan fingerprint density at radius 3 is 2.86 bits per heavy atom. The van der Waals surface area contributed by atoms with E-state index in [-0.39, 0.29) is 5.97 Å². The van der Waals surface area contributed by atoms with E-state index in [2.05, 4.69) is 22.0 Å². The molecular formula is C17H22N2O2. The van der Waals surface area contributed by atoms with Gasteiger partial charge < -0.3 is 9.64 Å². The van der Waals surface area contributed by atoms with Crippen LogP contribution in [0.3, 0.4) is 0 Å². The van der Waals surface area contributed by atoms with Crippen molar-refractivity contribution in [2.75, 3.05) is 20.2 Å². The Morgan fingerprint density at radius 2 is 2.10 bits per heavy atom. The molecule has 4 nitrogen and oxygen atoms in total. The van der Waals surface area contributed by atoms with Crippen molar-refractivity contribution in [1.29, 1.82) is 0 Å². The van der Waals surface area contributed by atoms with Gasteiger partial charge in [-0.1, -0.05) is 18.2 Å². The lowest BCUT2D eigenvalue weighted by atomic mass is 10.1. The summed E-state index contributed by atoms with van der Waals surface area (Å²) in [6.07, 6.45) is 0.423. The Morgan fingerprint density at radius 1 is 1.33 bits per heavy atom. The highest BCUT2D eigenvalue weighted by Gasteiger charge is 2.09. The minimum atomic E-state index is -0.139. The van der Waals surface area contributed by atoms with Crippen LogP contribution in [-0.2, 0) is 16.1 Å². The number of hydrogen-bond donors (Lipinski definition) is 0. The predicted octanol–water partition coefficient (Wildman–Crippen LogP) is 2.93. The van der Waals surface area contributed by atoms with Gasteiger partial charge >= 0.3 is 5.97 Å². The fraction of sp³-hybridized carbons (Fsp3) is 0.412. The first-order chi connectivity index (χ1) is 10.1. The lowest BCUT2D eigenvalue weighted by Crippen LogP contribution is -2.22. The Labute approximate surface area is 125 Å². The SMILES string of the molecule is CCOC(=O)CCN(C)Cc1cc(C)nc2ccccc12. The third-order valence-electron chi connectivity index (χ3n) is 3.37. The maximum atomic E-state index is 11.4. The zero-order valence-corrected chi connectivity index (χ0v) is 12.9. The van der Waals surface area contributed by atoms with Crippen molar-refractivity contribution in [3.8, 4) is 0 Å². The van der Waals surface area contributed by atoms with Crippen molar-refractivity contribution in [2.24, 2.45) is 0 Å². The molecular weight excluding hydrogens is 264 g/mol. The number of nitrogens with zero attached hydrogens (tertiary/aromatic N) is 2. The summed E-state index contributed by atoms with van der Waals surface area (Å²) >= 11 is 0. The van der Waals surface area contributed by atoms with Crippen LogP contribution < -0.4 is 0 Å². The van der Waals surface area contributed by atoms with Crippen LogP contribution in [0.4, 0.5) is 0 Å². The maximum Gasteiger partial charge on any atom is 0.307 e. The Bertz CT molecular complexity index is 625. The van der Waals surface area contributed by atoms with Crippen molar-refractivity contribution in [1.82, 2.24) is 9.88 Å². The fourth-order valence-corrected chi connectivity index (χ4v) is 2.41. The van der Waals surface area contributed by atoms with Crippen LogP contribution >= 0.6 is 0 Å². The third kappa shape index (κ3) is 4.26. The van der Waals surface area contributed by atoms with E-state index in [0.717, 1.165) is 17.8 Å². The predicted molar refractivity (Wildman–Crippen MR) is 84.1 cm³/mol. The van der Waals surface area contributed by atoms with Crippen LogP contribution in [0.5, 0.6) is 0 Å². The lowest BCUT2D eigenvalue weighted by molar-refractivity contribution is -0.143. The number of pyridine rings is 1. The van der Waals surface area contributed by atoms with Crippen LogP contribution in [0.1, 0.15) is 24.6 Å². The smallest absolute Gasteiger partial charge is 0.307 e. The highest BCUT2D eigenvalue weighted by Crippen LogP contribution is 2.19. The van der Waals surface area contributed by atoms with Crippen LogP contribution in [0.2, 0.25) is 0 Å². The molecule has 0 N–H and O–H groups in total. The summed E-state index contributed by atoms with van der Waals surface area (Å²) in [6, 6.07) is 10.3. The van der Waals surface area contributed by atoms with Gasteiger partial charge in [0.25, 0.3) is 0 Å². The molecule has 0 spiro atoms. The van der Waals surface area contributed by atoms with Crippen molar-refractivity contribution in [3.63, 3.8) is 0 Å². The molecule has 0 radical (unpaired) electrons. The molecule has 0 saturated carbocycles. The first-order valence-electron chi connectivity index (χ1n) is 7.29. The summed E-state index contributed by atoms with van der Waals surface area (Å²) in [5, 5.41) is 1.17. The molecule has 0 fully saturated rings. The molecule has 0 bridgehead atoms. The standard InChI is InChI=1S/C17H22N2O2/c1-4-21-17(20)9-10-19(3)12-14-11-13(2)18-16-8-6-5-7-15(14)16/h5-8,11H,4,9-10,12H2,1-3H3. The Hall–Kier alpha value is -1.94. The normalized spacial score (nSPS) is 11.0. The van der Waals surface area contributed by atoms with Crippen LogP contribution in [0.15, 0.2) is 30.3 Å². The van der Waals surface area contributed by atoms with Crippen LogP contribution in [-0.4, -0.2) is 36.1 Å². The van der Waals surface area contributed by atoms with Gasteiger partial charge in [-0.3, -0.25) is 9.78 Å². The van der Waals surface area contributed by atoms with Gasteiger partial charge in [-0.15, -0.1) is 0 Å². The highest BCUT2D eigenvalue weighted by atomic mass is 16.5. The van der Waals surface area contributed by atoms with Crippen molar-refractivity contribution >= 4 is 16.9 Å². The second-order valence-corrected chi connectivity index (χ2v) is 5.23. The van der Waals surface area contributed by atoms with E-state index < -0.39 is 0 Å². The van der Waals surface area contributed by atoms with E-state index >= 15 is 0 Å². The molecule has 21 heavy (non-hydrogen) atoms. The fourth-order valence-electron chi connectivity index (χ4n) is 2.41. The molecule has 0 saturated heterocycles. The number of para-hydroxylation sites is 1. The number of rotatable bonds is 6. The molecule has 1 heterocycles. The number of benzene rings is 1. The van der Waals surface area contributed by atoms with E-state index in [1.54, 1.807) is 0 Å². The van der Waals surface area contributed by atoms with Gasteiger partial charge in [0.2, 0.25) is 0 Å². The molecule has 2 rings (SSSR count). The molecule has 1 aromatic carbocycles. The van der Waals surface area contributed by atoms with Gasteiger partial charge in [0.15, 0.2) is 0 Å². The summed E-state index contributed by atoms with van der Waals surface area (Å²) < 4.78 is 4.96. The summed E-state index contributed by atoms with van der Waals surface area (Å²) in [6.45, 7) is 5.76. The molecule has 0 aliphatic heterocycles. The monoisotopic (exact) mass is 286 g/mol. The number of hydrogen-bond acceptors (Lipinski definition) is 4. The number of aromatic nitrogens is 1. The first-order valence-corrected chi connectivity index (χ1v) is 7.29. The molecule has 2 aromatic rings. The topological polar surface area (TPSA) is 42.4 Å². The van der Waals surface area contributed by atoms with E-state index in [1.165, 1.54) is 10.9 Å². The summed E-state index contributed by atoms with van der Waals surface area (Å²) in [5.74, 6) is -0.139. The molecule has 0 atom stereocenters. The number of carbonyl (C=O) groups excluding carboxylic acids is 1. The average Bonchev–Trinajstić information content (AvgIpc) is 2.45. The zero-order valence-electron chi connectivity index (χ0n) is 12.9. The molecule has 0 aliphatic carbocycles. The molecule has 112 valence electrons. The summed E-state index contributed by atoms with van der Waals surface area (Å²) in [4.78, 5) is 18.1. The molecule has 0 aliphatic rings. The van der Waals surface area contributed by atoms with Gasteiger partial charge in [-0.25, -0.2) is 0 Å². The van der Waals surface area contributed by atoms with E-state index in [0.29, 0.717) is 19.6 Å². The Balaban J connectivity index is 2.07. The van der Waals surface area contributed by atoms with Crippen molar-refractivity contribution < 1.29 is 9.53 Å². The third-order valence-corrected chi connectivity index (χ3v) is 3.37.